The Labute approximate surface area is 443 Å². The van der Waals surface area contributed by atoms with Crippen molar-refractivity contribution in [1.82, 2.24) is 18.8 Å². The van der Waals surface area contributed by atoms with Crippen molar-refractivity contribution in [3.63, 3.8) is 0 Å². The molecule has 0 bridgehead atoms. The zero-order valence-electron chi connectivity index (χ0n) is 42.6. The first kappa shape index (κ1) is 55.5. The Balaban J connectivity index is 0.000000213. The summed E-state index contributed by atoms with van der Waals surface area (Å²) >= 11 is 0. The number of aromatic carboxylic acids is 1. The number of alkyl halides is 6. The molecule has 9 rings (SSSR count). The Morgan fingerprint density at radius 2 is 1.01 bits per heavy atom. The number of Topliss-reactive ketones (excluding diaryl/α,β-unsaturated/α-hetero) is 1. The van der Waals surface area contributed by atoms with E-state index in [0.29, 0.717) is 57.2 Å². The smallest absolute Gasteiger partial charge is 0.390 e. The number of benzene rings is 5. The van der Waals surface area contributed by atoms with E-state index in [9.17, 15) is 49.8 Å². The lowest BCUT2D eigenvalue weighted by Crippen LogP contribution is -2.15. The van der Waals surface area contributed by atoms with E-state index < -0.39 is 42.8 Å². The summed E-state index contributed by atoms with van der Waals surface area (Å²) in [7, 11) is 0. The predicted octanol–water partition coefficient (Wildman–Crippen LogP) is 15.5. The van der Waals surface area contributed by atoms with Crippen LogP contribution in [0.25, 0.3) is 33.8 Å². The molecule has 0 fully saturated rings. The first-order valence-corrected chi connectivity index (χ1v) is 24.7. The van der Waals surface area contributed by atoms with Crippen LogP contribution in [0.5, 0.6) is 23.0 Å². The number of aryl methyl sites for hydroxylation is 4. The molecule has 5 aromatic carbocycles. The van der Waals surface area contributed by atoms with Crippen LogP contribution < -0.4 is 20.1 Å². The Kier molecular flexibility index (Phi) is 16.8. The Bertz CT molecular complexity index is 3620. The zero-order valence-corrected chi connectivity index (χ0v) is 42.6. The summed E-state index contributed by atoms with van der Waals surface area (Å²) in [5.41, 5.74) is 9.56. The number of ether oxygens (including phenoxy) is 2. The molecule has 19 heteroatoms. The SMILES string of the molecule is CCc1cccc(CC)c1CC(=O)c1ccc(-c2cnc3c(NCCC(F)(F)F)cc(Oc4cccc(F)c4)cn23)cc1C.Cc1cc(-c2cnc3c(NCCC(F)(F)F)cc(Oc4cccc(F)c4)cn23)ccc1C(=O)O. The molecule has 0 aliphatic heterocycles. The van der Waals surface area contributed by atoms with E-state index in [2.05, 4.69) is 46.6 Å². The number of ketones is 1. The fourth-order valence-corrected chi connectivity index (χ4v) is 8.97. The molecule has 0 saturated heterocycles. The van der Waals surface area contributed by atoms with Gasteiger partial charge in [-0.25, -0.2) is 23.5 Å². The molecule has 0 atom stereocenters. The summed E-state index contributed by atoms with van der Waals surface area (Å²) in [5.74, 6) is -1.03. The van der Waals surface area contributed by atoms with Gasteiger partial charge in [0.05, 0.1) is 66.0 Å². The zero-order chi connectivity index (χ0) is 55.9. The lowest BCUT2D eigenvalue weighted by Gasteiger charge is -2.15. The molecule has 4 heterocycles. The number of nitrogens with zero attached hydrogens (tertiary/aromatic N) is 4. The topological polar surface area (TPSA) is 131 Å². The number of anilines is 2. The van der Waals surface area contributed by atoms with E-state index in [1.807, 2.05) is 31.2 Å². The maximum Gasteiger partial charge on any atom is 0.390 e. The standard InChI is InChI=1S/C35H33F4N3O2.C24H19F4N3O3/c1-4-23-8-6-9-24(5-2)30(23)19-33(43)29-13-12-25(16-22(29)3)32-20-41-34-31(40-15-14-35(37,38)39)18-28(21-42(32)34)44-27-11-7-10-26(36)17-27;1-14-9-15(5-6-19(14)23(32)33)21-12-30-22-20(29-8-7-24(26,27)28)11-18(13-31(21)22)34-17-4-2-3-16(25)10-17/h6-13,16-18,20-21,40H,4-5,14-15,19H2,1-3H3;2-6,9-13,29H,7-8H2,1H3,(H,32,33). The van der Waals surface area contributed by atoms with Crippen molar-refractivity contribution in [2.75, 3.05) is 23.7 Å². The van der Waals surface area contributed by atoms with Gasteiger partial charge >= 0.3 is 18.3 Å². The fraction of sp³-hybridized carbons (Fsp3) is 0.220. The van der Waals surface area contributed by atoms with Gasteiger partial charge in [-0.3, -0.25) is 13.6 Å². The van der Waals surface area contributed by atoms with E-state index in [4.69, 9.17) is 9.47 Å². The van der Waals surface area contributed by atoms with Crippen LogP contribution in [-0.2, 0) is 19.3 Å². The second-order valence-corrected chi connectivity index (χ2v) is 18.3. The quantitative estimate of drug-likeness (QED) is 0.0568. The summed E-state index contributed by atoms with van der Waals surface area (Å²) in [6, 6.07) is 30.6. The minimum absolute atomic E-state index is 0.0322. The maximum atomic E-state index is 13.8. The molecule has 0 radical (unpaired) electrons. The third-order valence-electron chi connectivity index (χ3n) is 12.7. The van der Waals surface area contributed by atoms with Crippen LogP contribution in [0.2, 0.25) is 0 Å². The second kappa shape index (κ2) is 23.7. The van der Waals surface area contributed by atoms with Gasteiger partial charge in [-0.2, -0.15) is 26.3 Å². The highest BCUT2D eigenvalue weighted by atomic mass is 19.4. The van der Waals surface area contributed by atoms with Gasteiger partial charge in [0.25, 0.3) is 0 Å². The van der Waals surface area contributed by atoms with Gasteiger partial charge in [-0.1, -0.05) is 62.4 Å². The molecule has 404 valence electrons. The van der Waals surface area contributed by atoms with E-state index in [0.717, 1.165) is 29.5 Å². The Hall–Kier alpha value is -8.74. The number of carboxylic acids is 1. The molecule has 78 heavy (non-hydrogen) atoms. The van der Waals surface area contributed by atoms with E-state index in [-0.39, 0.29) is 47.4 Å². The Morgan fingerprint density at radius 3 is 1.41 bits per heavy atom. The highest BCUT2D eigenvalue weighted by Gasteiger charge is 2.28. The van der Waals surface area contributed by atoms with E-state index >= 15 is 0 Å². The molecule has 11 nitrogen and oxygen atoms in total. The summed E-state index contributed by atoms with van der Waals surface area (Å²) in [5, 5.41) is 14.9. The van der Waals surface area contributed by atoms with Gasteiger partial charge in [0.2, 0.25) is 0 Å². The number of halogens is 8. The normalized spacial score (nSPS) is 11.6. The van der Waals surface area contributed by atoms with Crippen LogP contribution >= 0.6 is 0 Å². The second-order valence-electron chi connectivity index (χ2n) is 18.3. The number of aromatic nitrogens is 4. The number of pyridine rings is 2. The van der Waals surface area contributed by atoms with Crippen LogP contribution in [-0.4, -0.2) is 61.1 Å². The van der Waals surface area contributed by atoms with Gasteiger partial charge in [-0.15, -0.1) is 0 Å². The summed E-state index contributed by atoms with van der Waals surface area (Å²) in [6.07, 6.45) is -2.33. The molecular weight excluding hydrogens is 1020 g/mol. The average molecular weight is 1080 g/mol. The van der Waals surface area contributed by atoms with Gasteiger partial charge in [-0.05, 0) is 97.0 Å². The van der Waals surface area contributed by atoms with Crippen LogP contribution in [0.3, 0.4) is 0 Å². The lowest BCUT2D eigenvalue weighted by molar-refractivity contribution is -0.132. The van der Waals surface area contributed by atoms with Gasteiger partial charge in [0, 0.05) is 60.5 Å². The molecular formula is C59H52F8N6O5. The van der Waals surface area contributed by atoms with Crippen LogP contribution in [0.15, 0.2) is 140 Å². The molecule has 0 aliphatic carbocycles. The first-order valence-electron chi connectivity index (χ1n) is 24.7. The molecule has 4 aromatic heterocycles. The first-order chi connectivity index (χ1) is 37.2. The minimum Gasteiger partial charge on any atom is -0.478 e. The van der Waals surface area contributed by atoms with Crippen molar-refractivity contribution in [2.24, 2.45) is 0 Å². The van der Waals surface area contributed by atoms with Crippen LogP contribution in [0.1, 0.15) is 75.2 Å². The largest absolute Gasteiger partial charge is 0.478 e. The van der Waals surface area contributed by atoms with Crippen molar-refractivity contribution in [2.45, 2.75) is 72.2 Å². The molecule has 9 aromatic rings. The predicted molar refractivity (Wildman–Crippen MR) is 282 cm³/mol. The molecule has 0 unspecified atom stereocenters. The number of carboxylic acid groups (broad SMARTS) is 1. The monoisotopic (exact) mass is 1080 g/mol. The molecule has 3 N–H and O–H groups in total. The van der Waals surface area contributed by atoms with Crippen molar-refractivity contribution in [3.05, 3.63) is 191 Å². The number of rotatable bonds is 18. The number of hydrogen-bond acceptors (Lipinski definition) is 8. The van der Waals surface area contributed by atoms with E-state index in [1.54, 1.807) is 64.6 Å². The number of imidazole rings is 2. The molecule has 0 spiro atoms. The summed E-state index contributed by atoms with van der Waals surface area (Å²) in [4.78, 5) is 33.7. The number of hydrogen-bond donors (Lipinski definition) is 3. The maximum absolute atomic E-state index is 13.8. The third-order valence-corrected chi connectivity index (χ3v) is 12.7. The Morgan fingerprint density at radius 1 is 0.577 bits per heavy atom. The number of carbonyl (C=O) groups excluding carboxylic acids is 1. The average Bonchev–Trinajstić information content (AvgIpc) is 4.02. The number of nitrogens with one attached hydrogen (secondary N) is 2. The highest BCUT2D eigenvalue weighted by Crippen LogP contribution is 2.35. The molecule has 0 saturated carbocycles. The molecule has 0 amide bonds. The van der Waals surface area contributed by atoms with Crippen LogP contribution in [0, 0.1) is 25.5 Å². The fourth-order valence-electron chi connectivity index (χ4n) is 8.97. The van der Waals surface area contributed by atoms with Crippen molar-refractivity contribution in [3.8, 4) is 45.5 Å². The summed E-state index contributed by atoms with van der Waals surface area (Å²) < 4.78 is 119. The van der Waals surface area contributed by atoms with Crippen molar-refractivity contribution >= 4 is 34.4 Å². The van der Waals surface area contributed by atoms with Crippen molar-refractivity contribution in [1.29, 1.82) is 0 Å². The van der Waals surface area contributed by atoms with Gasteiger partial charge < -0.3 is 25.2 Å². The minimum atomic E-state index is -4.33. The highest BCUT2D eigenvalue weighted by molar-refractivity contribution is 5.99. The van der Waals surface area contributed by atoms with Gasteiger partial charge in [0.15, 0.2) is 17.1 Å². The number of carbonyl (C=O) groups is 2. The summed E-state index contributed by atoms with van der Waals surface area (Å²) in [6.45, 7) is 6.99. The third kappa shape index (κ3) is 13.6. The lowest BCUT2D eigenvalue weighted by atomic mass is 9.90. The van der Waals surface area contributed by atoms with Crippen LogP contribution in [0.4, 0.5) is 46.5 Å². The molecule has 0 aliphatic rings. The van der Waals surface area contributed by atoms with E-state index in [1.165, 1.54) is 65.9 Å². The van der Waals surface area contributed by atoms with Crippen molar-refractivity contribution < 1.29 is 59.3 Å². The van der Waals surface area contributed by atoms with Gasteiger partial charge in [0.1, 0.15) is 34.6 Å². The number of fused-ring (bicyclic) bond motifs is 2.